The molecule has 0 saturated heterocycles. The van der Waals surface area contributed by atoms with E-state index in [9.17, 15) is 0 Å². The van der Waals surface area contributed by atoms with Gasteiger partial charge in [-0.2, -0.15) is 0 Å². The molecule has 0 aromatic rings. The lowest BCUT2D eigenvalue weighted by atomic mass is 11.9. The van der Waals surface area contributed by atoms with Crippen molar-refractivity contribution in [2.45, 2.75) is 0 Å². The highest BCUT2D eigenvalue weighted by molar-refractivity contribution is 14.2. The maximum absolute atomic E-state index is 2.37. The molecule has 0 nitrogen and oxygen atoms in total. The van der Waals surface area contributed by atoms with E-state index < -0.39 is 0 Å². The monoisotopic (exact) mass is 300 g/mol. The van der Waals surface area contributed by atoms with Gasteiger partial charge in [-0.25, -0.2) is 0 Å². The molecule has 0 bridgehead atoms. The van der Waals surface area contributed by atoms with Gasteiger partial charge in [0.15, 0.2) is 0 Å². The minimum Gasteiger partial charge on any atom is -0.0807 e. The lowest BCUT2D eigenvalue weighted by molar-refractivity contribution is 2.44. The minimum absolute atomic E-state index is 1.10. The molecular formula is CH3I2P. The zero-order valence-corrected chi connectivity index (χ0v) is 7.28. The van der Waals surface area contributed by atoms with Crippen LogP contribution in [0.5, 0.6) is 0 Å². The van der Waals surface area contributed by atoms with E-state index in [1.807, 2.05) is 0 Å². The van der Waals surface area contributed by atoms with Gasteiger partial charge in [0.2, 0.25) is 0 Å². The van der Waals surface area contributed by atoms with E-state index in [0.29, 0.717) is 0 Å². The van der Waals surface area contributed by atoms with Crippen LogP contribution in [-0.4, -0.2) is 4.17 Å². The van der Waals surface area contributed by atoms with Crippen molar-refractivity contribution in [2.24, 2.45) is 0 Å². The predicted molar refractivity (Wildman–Crippen MR) is 41.2 cm³/mol. The van der Waals surface area contributed by atoms with Crippen molar-refractivity contribution >= 4 is 50.9 Å². The average Bonchev–Trinajstić information content (AvgIpc) is 1.37. The Labute approximate surface area is 54.5 Å². The van der Waals surface area contributed by atoms with Gasteiger partial charge in [0.25, 0.3) is 0 Å². The van der Waals surface area contributed by atoms with E-state index in [0.717, 1.165) is 6.22 Å². The summed E-state index contributed by atoms with van der Waals surface area (Å²) in [6, 6.07) is 0. The van der Waals surface area contributed by atoms with Crippen LogP contribution in [0.4, 0.5) is 0 Å². The topological polar surface area (TPSA) is 0 Å². The van der Waals surface area contributed by atoms with Crippen LogP contribution in [0.3, 0.4) is 0 Å². The highest BCUT2D eigenvalue weighted by Gasteiger charge is 1.59. The molecule has 0 aliphatic heterocycles. The largest absolute Gasteiger partial charge is 0.0807 e. The maximum Gasteiger partial charge on any atom is 0.0262 e. The fraction of sp³-hybridized carbons (Fsp3) is 1.00. The van der Waals surface area contributed by atoms with Gasteiger partial charge in [-0.15, -0.1) is 0 Å². The first-order chi connectivity index (χ1) is 1.91. The van der Waals surface area contributed by atoms with Crippen molar-refractivity contribution in [3.05, 3.63) is 0 Å². The lowest BCUT2D eigenvalue weighted by Crippen LogP contribution is -1.27. The van der Waals surface area contributed by atoms with Gasteiger partial charge in [-0.05, 0) is 6.22 Å². The third-order valence-electron chi connectivity index (χ3n) is 0.0505. The molecule has 0 rings (SSSR count). The normalized spacial score (nSPS) is 10.5. The third-order valence-corrected chi connectivity index (χ3v) is 6.82. The molecular weight excluding hydrogens is 297 g/mol. The van der Waals surface area contributed by atoms with Crippen LogP contribution in [-0.2, 0) is 0 Å². The lowest BCUT2D eigenvalue weighted by Gasteiger charge is -1.64. The fourth-order valence-electron chi connectivity index (χ4n) is 0. The van der Waals surface area contributed by atoms with E-state index in [-0.39, 0.29) is 0 Å². The van der Waals surface area contributed by atoms with Crippen LogP contribution in [0.25, 0.3) is 0 Å². The zero-order chi connectivity index (χ0) is 3.41. The first kappa shape index (κ1) is 5.89. The number of hydrogen-bond acceptors (Lipinski definition) is 0. The van der Waals surface area contributed by atoms with E-state index in [2.05, 4.69) is 44.6 Å². The Morgan fingerprint density at radius 1 is 1.75 bits per heavy atom. The number of alkyl halides is 1. The fourth-order valence-corrected chi connectivity index (χ4v) is 0. The molecule has 1 atom stereocenters. The second-order valence-electron chi connectivity index (χ2n) is 0.267. The predicted octanol–water partition coefficient (Wildman–Crippen LogP) is 2.41. The van der Waals surface area contributed by atoms with Crippen LogP contribution in [0.15, 0.2) is 0 Å². The highest BCUT2D eigenvalue weighted by Crippen LogP contribution is 2.22. The second-order valence-corrected chi connectivity index (χ2v) is 5.38. The molecule has 0 amide bonds. The van der Waals surface area contributed by atoms with E-state index in [1.165, 1.54) is 4.17 Å². The van der Waals surface area contributed by atoms with E-state index >= 15 is 0 Å². The van der Waals surface area contributed by atoms with Crippen LogP contribution in [0.2, 0.25) is 0 Å². The van der Waals surface area contributed by atoms with Crippen molar-refractivity contribution in [3.8, 4) is 0 Å². The first-order valence-corrected chi connectivity index (χ1v) is 6.66. The summed E-state index contributed by atoms with van der Waals surface area (Å²) in [5.74, 6) is 0. The Hall–Kier alpha value is 1.89. The summed E-state index contributed by atoms with van der Waals surface area (Å²) in [5.41, 5.74) is 0. The number of hydrogen-bond donors (Lipinski definition) is 0. The molecule has 1 unspecified atom stereocenters. The number of rotatable bonds is 1. The maximum atomic E-state index is 2.37. The summed E-state index contributed by atoms with van der Waals surface area (Å²) in [5, 5.41) is 0. The van der Waals surface area contributed by atoms with Crippen molar-refractivity contribution in [1.82, 2.24) is 0 Å². The number of halogens is 2. The van der Waals surface area contributed by atoms with Gasteiger partial charge in [-0.1, -0.05) is 44.6 Å². The molecule has 0 heterocycles. The quantitative estimate of drug-likeness (QED) is 0.396. The molecule has 0 radical (unpaired) electrons. The molecule has 0 saturated carbocycles. The summed E-state index contributed by atoms with van der Waals surface area (Å²) in [7, 11) is 0. The van der Waals surface area contributed by atoms with Crippen molar-refractivity contribution in [2.75, 3.05) is 4.17 Å². The second kappa shape index (κ2) is 4.89. The van der Waals surface area contributed by atoms with Crippen LogP contribution in [0, 0.1) is 0 Å². The molecule has 0 aliphatic carbocycles. The molecule has 4 heavy (non-hydrogen) atoms. The van der Waals surface area contributed by atoms with Gasteiger partial charge in [-0.3, -0.25) is 0 Å². The molecule has 0 N–H and O–H groups in total. The zero-order valence-electron chi connectivity index (χ0n) is 1.96. The van der Waals surface area contributed by atoms with Crippen LogP contribution < -0.4 is 0 Å². The SMILES string of the molecule is ICPI. The smallest absolute Gasteiger partial charge is 0.0262 e. The Kier molecular flexibility index (Phi) is 7.20. The van der Waals surface area contributed by atoms with Crippen molar-refractivity contribution in [1.29, 1.82) is 0 Å². The Morgan fingerprint density at radius 3 is 2.00 bits per heavy atom. The van der Waals surface area contributed by atoms with E-state index in [4.69, 9.17) is 0 Å². The summed E-state index contributed by atoms with van der Waals surface area (Å²) in [6.07, 6.45) is 1.10. The summed E-state index contributed by atoms with van der Waals surface area (Å²) in [4.78, 5) is 0. The van der Waals surface area contributed by atoms with Gasteiger partial charge in [0.1, 0.15) is 0 Å². The Morgan fingerprint density at radius 2 is 2.00 bits per heavy atom. The molecule has 0 spiro atoms. The molecule has 3 heteroatoms. The molecule has 0 aromatic carbocycles. The van der Waals surface area contributed by atoms with Gasteiger partial charge >= 0.3 is 0 Å². The molecule has 0 fully saturated rings. The standard InChI is InChI=1S/CH3I2P/c2-1-4-3/h4H,1H2. The molecule has 0 aliphatic rings. The average molecular weight is 300 g/mol. The first-order valence-electron chi connectivity index (χ1n) is 0.810. The molecule has 26 valence electrons. The van der Waals surface area contributed by atoms with E-state index in [1.54, 1.807) is 0 Å². The Bertz CT molecular complexity index is 8.00. The molecule has 0 aromatic heterocycles. The third kappa shape index (κ3) is 3.89. The van der Waals surface area contributed by atoms with Gasteiger partial charge < -0.3 is 0 Å². The van der Waals surface area contributed by atoms with Crippen molar-refractivity contribution in [3.63, 3.8) is 0 Å². The summed E-state index contributed by atoms with van der Waals surface area (Å²) < 4.78 is 1.30. The van der Waals surface area contributed by atoms with Crippen LogP contribution in [0.1, 0.15) is 0 Å². The van der Waals surface area contributed by atoms with Crippen LogP contribution >= 0.6 is 50.9 Å². The highest BCUT2D eigenvalue weighted by atomic mass is 127. The summed E-state index contributed by atoms with van der Waals surface area (Å²) >= 11 is 4.73. The Balaban J connectivity index is 1.97. The van der Waals surface area contributed by atoms with Gasteiger partial charge in [0, 0.05) is 4.17 Å². The summed E-state index contributed by atoms with van der Waals surface area (Å²) in [6.45, 7) is 0. The van der Waals surface area contributed by atoms with Crippen molar-refractivity contribution < 1.29 is 0 Å². The minimum atomic E-state index is 1.10. The van der Waals surface area contributed by atoms with Gasteiger partial charge in [0.05, 0.1) is 0 Å².